The summed E-state index contributed by atoms with van der Waals surface area (Å²) in [7, 11) is 0. The van der Waals surface area contributed by atoms with Crippen LogP contribution in [0.25, 0.3) is 0 Å². The van der Waals surface area contributed by atoms with Gasteiger partial charge in [0.2, 0.25) is 0 Å². The van der Waals surface area contributed by atoms with E-state index in [1.165, 1.54) is 154 Å². The molecule has 1 atom stereocenters. The number of unbranched alkanes of at least 4 members (excludes halogenated alkanes) is 31. The molecule has 0 radical (unpaired) electrons. The summed E-state index contributed by atoms with van der Waals surface area (Å²) < 4.78 is 16.7. The van der Waals surface area contributed by atoms with Gasteiger partial charge in [-0.15, -0.1) is 0 Å². The molecule has 1 unspecified atom stereocenters. The molecule has 404 valence electrons. The summed E-state index contributed by atoms with van der Waals surface area (Å²) in [5, 5.41) is 0. The summed E-state index contributed by atoms with van der Waals surface area (Å²) in [6.45, 7) is 6.46. The highest BCUT2D eigenvalue weighted by atomic mass is 16.6. The molecule has 0 fully saturated rings. The van der Waals surface area contributed by atoms with E-state index in [1.54, 1.807) is 0 Å². The number of hydrogen-bond acceptors (Lipinski definition) is 6. The molecule has 0 bridgehead atoms. The monoisotopic (exact) mass is 977 g/mol. The summed E-state index contributed by atoms with van der Waals surface area (Å²) in [6, 6.07) is 0. The molecule has 6 heteroatoms. The van der Waals surface area contributed by atoms with E-state index in [2.05, 4.69) is 93.7 Å². The van der Waals surface area contributed by atoms with Gasteiger partial charge in [-0.25, -0.2) is 0 Å². The summed E-state index contributed by atoms with van der Waals surface area (Å²) in [6.07, 6.45) is 75.4. The first-order valence-electron chi connectivity index (χ1n) is 29.9. The van der Waals surface area contributed by atoms with Gasteiger partial charge >= 0.3 is 17.9 Å². The van der Waals surface area contributed by atoms with Crippen LogP contribution in [0, 0.1) is 0 Å². The Morgan fingerprint density at radius 3 is 0.871 bits per heavy atom. The standard InChI is InChI=1S/C64H112O6/c1-4-7-10-13-15-17-19-21-22-23-24-25-26-27-28-29-30-31-32-33-34-35-36-37-38-39-40-41-42-43-45-46-48-51-54-57-63(66)69-60-61(59-68-62(65)56-53-50-12-9-6-3)70-64(67)58-55-52-49-47-44-20-18-16-14-11-8-5-2/h7,10,15,17,21-22,24-25,27-28,30-31,61H,4-6,8-9,11-14,16,18-20,23,26,29,32-60H2,1-3H3/b10-7-,17-15-,22-21-,25-24-,28-27-,31-30-. The lowest BCUT2D eigenvalue weighted by Gasteiger charge is -2.18. The second kappa shape index (κ2) is 58.4. The molecule has 0 aromatic rings. The minimum atomic E-state index is -0.765. The first-order chi connectivity index (χ1) is 34.5. The van der Waals surface area contributed by atoms with E-state index in [-0.39, 0.29) is 31.1 Å². The summed E-state index contributed by atoms with van der Waals surface area (Å²) in [5.74, 6) is -0.874. The second-order valence-corrected chi connectivity index (χ2v) is 19.9. The minimum absolute atomic E-state index is 0.0703. The molecule has 70 heavy (non-hydrogen) atoms. The van der Waals surface area contributed by atoms with Crippen LogP contribution in [0.4, 0.5) is 0 Å². The van der Waals surface area contributed by atoms with E-state index < -0.39 is 6.10 Å². The van der Waals surface area contributed by atoms with Crippen LogP contribution in [-0.2, 0) is 28.6 Å². The molecule has 0 rings (SSSR count). The van der Waals surface area contributed by atoms with Crippen molar-refractivity contribution in [1.82, 2.24) is 0 Å². The minimum Gasteiger partial charge on any atom is -0.462 e. The third-order valence-corrected chi connectivity index (χ3v) is 13.0. The molecule has 0 heterocycles. The highest BCUT2D eigenvalue weighted by molar-refractivity contribution is 5.71. The number of allylic oxidation sites excluding steroid dienone is 12. The van der Waals surface area contributed by atoms with Crippen LogP contribution < -0.4 is 0 Å². The van der Waals surface area contributed by atoms with E-state index in [0.717, 1.165) is 103 Å². The van der Waals surface area contributed by atoms with Crippen molar-refractivity contribution in [2.75, 3.05) is 13.2 Å². The van der Waals surface area contributed by atoms with E-state index in [9.17, 15) is 14.4 Å². The van der Waals surface area contributed by atoms with Gasteiger partial charge in [0.25, 0.3) is 0 Å². The van der Waals surface area contributed by atoms with Crippen LogP contribution in [0.5, 0.6) is 0 Å². The zero-order valence-electron chi connectivity index (χ0n) is 46.3. The van der Waals surface area contributed by atoms with Gasteiger partial charge in [0.15, 0.2) is 6.10 Å². The van der Waals surface area contributed by atoms with Crippen LogP contribution in [0.2, 0.25) is 0 Å². The van der Waals surface area contributed by atoms with Crippen molar-refractivity contribution >= 4 is 17.9 Å². The van der Waals surface area contributed by atoms with Crippen molar-refractivity contribution in [3.05, 3.63) is 72.9 Å². The van der Waals surface area contributed by atoms with E-state index in [4.69, 9.17) is 14.2 Å². The lowest BCUT2D eigenvalue weighted by Crippen LogP contribution is -2.30. The van der Waals surface area contributed by atoms with Gasteiger partial charge in [0, 0.05) is 19.3 Å². The fourth-order valence-corrected chi connectivity index (χ4v) is 8.51. The first-order valence-corrected chi connectivity index (χ1v) is 29.9. The van der Waals surface area contributed by atoms with E-state index in [0.29, 0.717) is 19.3 Å². The molecule has 0 aromatic heterocycles. The Labute approximate surface area is 433 Å². The molecule has 0 saturated heterocycles. The van der Waals surface area contributed by atoms with Crippen LogP contribution in [0.1, 0.15) is 297 Å². The zero-order chi connectivity index (χ0) is 50.7. The van der Waals surface area contributed by atoms with E-state index in [1.807, 2.05) is 0 Å². The van der Waals surface area contributed by atoms with Gasteiger partial charge in [-0.05, 0) is 70.6 Å². The lowest BCUT2D eigenvalue weighted by atomic mass is 10.0. The molecular formula is C64H112O6. The molecular weight excluding hydrogens is 865 g/mol. The molecule has 6 nitrogen and oxygen atoms in total. The van der Waals surface area contributed by atoms with Crippen LogP contribution in [0.3, 0.4) is 0 Å². The lowest BCUT2D eigenvalue weighted by molar-refractivity contribution is -0.167. The Balaban J connectivity index is 3.89. The number of rotatable bonds is 54. The SMILES string of the molecule is CC/C=C\C/C=C\C/C=C\C/C=C\C/C=C\C/C=C\CCCCCCCCCCCCCCCCCCC(=O)OCC(COC(=O)CCCCCCC)OC(=O)CCCCCCCCCCCCCC. The topological polar surface area (TPSA) is 78.9 Å². The Morgan fingerprint density at radius 2 is 0.557 bits per heavy atom. The highest BCUT2D eigenvalue weighted by Gasteiger charge is 2.19. The van der Waals surface area contributed by atoms with Crippen LogP contribution in [-0.4, -0.2) is 37.2 Å². The summed E-state index contributed by atoms with van der Waals surface area (Å²) >= 11 is 0. The Bertz CT molecular complexity index is 1310. The predicted molar refractivity (Wildman–Crippen MR) is 302 cm³/mol. The van der Waals surface area contributed by atoms with Crippen molar-refractivity contribution in [3.8, 4) is 0 Å². The molecule has 0 amide bonds. The van der Waals surface area contributed by atoms with Gasteiger partial charge in [-0.2, -0.15) is 0 Å². The predicted octanol–water partition coefficient (Wildman–Crippen LogP) is 20.2. The normalized spacial score (nSPS) is 12.6. The van der Waals surface area contributed by atoms with Crippen LogP contribution >= 0.6 is 0 Å². The summed E-state index contributed by atoms with van der Waals surface area (Å²) in [5.41, 5.74) is 0. The molecule has 0 saturated carbocycles. The first kappa shape index (κ1) is 66.9. The second-order valence-electron chi connectivity index (χ2n) is 19.9. The van der Waals surface area contributed by atoms with Crippen molar-refractivity contribution in [2.45, 2.75) is 303 Å². The number of esters is 3. The van der Waals surface area contributed by atoms with Gasteiger partial charge in [0.1, 0.15) is 13.2 Å². The maximum atomic E-state index is 12.7. The van der Waals surface area contributed by atoms with Crippen molar-refractivity contribution < 1.29 is 28.6 Å². The Kier molecular flexibility index (Phi) is 55.8. The average molecular weight is 978 g/mol. The van der Waals surface area contributed by atoms with Gasteiger partial charge in [0.05, 0.1) is 0 Å². The molecule has 0 aliphatic carbocycles. The fraction of sp³-hybridized carbons (Fsp3) is 0.766. The van der Waals surface area contributed by atoms with Crippen molar-refractivity contribution in [1.29, 1.82) is 0 Å². The summed E-state index contributed by atoms with van der Waals surface area (Å²) in [4.78, 5) is 37.7. The number of carbonyl (C=O) groups is 3. The highest BCUT2D eigenvalue weighted by Crippen LogP contribution is 2.17. The fourth-order valence-electron chi connectivity index (χ4n) is 8.51. The van der Waals surface area contributed by atoms with Gasteiger partial charge in [-0.3, -0.25) is 14.4 Å². The third-order valence-electron chi connectivity index (χ3n) is 13.0. The van der Waals surface area contributed by atoms with Crippen LogP contribution in [0.15, 0.2) is 72.9 Å². The largest absolute Gasteiger partial charge is 0.462 e. The number of carbonyl (C=O) groups excluding carboxylic acids is 3. The molecule has 0 aliphatic heterocycles. The molecule has 0 N–H and O–H groups in total. The molecule has 0 aromatic carbocycles. The number of hydrogen-bond donors (Lipinski definition) is 0. The van der Waals surface area contributed by atoms with Crippen molar-refractivity contribution in [2.24, 2.45) is 0 Å². The quantitative estimate of drug-likeness (QED) is 0.0261. The molecule has 0 spiro atoms. The van der Waals surface area contributed by atoms with Gasteiger partial charge in [-0.1, -0.05) is 280 Å². The Morgan fingerprint density at radius 1 is 0.300 bits per heavy atom. The molecule has 0 aliphatic rings. The van der Waals surface area contributed by atoms with Crippen molar-refractivity contribution in [3.63, 3.8) is 0 Å². The van der Waals surface area contributed by atoms with Gasteiger partial charge < -0.3 is 14.2 Å². The zero-order valence-corrected chi connectivity index (χ0v) is 46.3. The van der Waals surface area contributed by atoms with E-state index >= 15 is 0 Å². The number of ether oxygens (including phenoxy) is 3. The maximum absolute atomic E-state index is 12.7. The smallest absolute Gasteiger partial charge is 0.306 e. The Hall–Kier alpha value is -3.15. The average Bonchev–Trinajstić information content (AvgIpc) is 3.36. The third kappa shape index (κ3) is 55.8. The maximum Gasteiger partial charge on any atom is 0.306 e.